The first-order valence-corrected chi connectivity index (χ1v) is 6.56. The lowest BCUT2D eigenvalue weighted by Gasteiger charge is -2.17. The largest absolute Gasteiger partial charge is 0.496 e. The maximum absolute atomic E-state index is 5.51. The van der Waals surface area contributed by atoms with Crippen LogP contribution in [0.15, 0.2) is 40.9 Å². The number of hydrogen-bond acceptors (Lipinski definition) is 3. The molecule has 0 heterocycles. The molecule has 0 radical (unpaired) electrons. The maximum Gasteiger partial charge on any atom is 0.148 e. The molecule has 3 nitrogen and oxygen atoms in total. The summed E-state index contributed by atoms with van der Waals surface area (Å²) < 4.78 is 17.1. The van der Waals surface area contributed by atoms with Crippen LogP contribution < -0.4 is 14.2 Å². The lowest BCUT2D eigenvalue weighted by atomic mass is 10.0. The van der Waals surface area contributed by atoms with Crippen molar-refractivity contribution in [1.29, 1.82) is 0 Å². The van der Waals surface area contributed by atoms with Gasteiger partial charge in [0.15, 0.2) is 0 Å². The molecule has 0 atom stereocenters. The molecule has 0 amide bonds. The van der Waals surface area contributed by atoms with Crippen LogP contribution in [0.3, 0.4) is 0 Å². The molecular formula is C15H15BrO3. The lowest BCUT2D eigenvalue weighted by Crippen LogP contribution is -1.97. The minimum absolute atomic E-state index is 0.674. The molecule has 4 heteroatoms. The fourth-order valence-corrected chi connectivity index (χ4v) is 2.60. The molecule has 2 rings (SSSR count). The highest BCUT2D eigenvalue weighted by atomic mass is 79.9. The monoisotopic (exact) mass is 322 g/mol. The Labute approximate surface area is 121 Å². The highest BCUT2D eigenvalue weighted by molar-refractivity contribution is 9.10. The van der Waals surface area contributed by atoms with Crippen LogP contribution in [0.2, 0.25) is 0 Å². The van der Waals surface area contributed by atoms with Crippen LogP contribution in [0, 0.1) is 0 Å². The van der Waals surface area contributed by atoms with E-state index >= 15 is 0 Å². The van der Waals surface area contributed by atoms with Gasteiger partial charge in [0.1, 0.15) is 21.7 Å². The van der Waals surface area contributed by atoms with Crippen molar-refractivity contribution in [2.45, 2.75) is 0 Å². The average molecular weight is 323 g/mol. The summed E-state index contributed by atoms with van der Waals surface area (Å²) in [6.07, 6.45) is 0. The third-order valence-electron chi connectivity index (χ3n) is 2.86. The summed E-state index contributed by atoms with van der Waals surface area (Å²) in [5, 5.41) is 0. The van der Waals surface area contributed by atoms with Crippen molar-refractivity contribution < 1.29 is 14.2 Å². The highest BCUT2D eigenvalue weighted by Crippen LogP contribution is 2.47. The van der Waals surface area contributed by atoms with Crippen LogP contribution in [0.4, 0.5) is 0 Å². The molecule has 0 aliphatic carbocycles. The van der Waals surface area contributed by atoms with E-state index in [-0.39, 0.29) is 0 Å². The van der Waals surface area contributed by atoms with Crippen molar-refractivity contribution in [1.82, 2.24) is 0 Å². The van der Waals surface area contributed by atoms with Crippen LogP contribution in [-0.2, 0) is 0 Å². The predicted octanol–water partition coefficient (Wildman–Crippen LogP) is 4.14. The van der Waals surface area contributed by atoms with E-state index in [2.05, 4.69) is 15.9 Å². The summed E-state index contributed by atoms with van der Waals surface area (Å²) in [5.41, 5.74) is 1.93. The van der Waals surface area contributed by atoms with E-state index in [1.807, 2.05) is 36.4 Å². The Morgan fingerprint density at radius 3 is 2.00 bits per heavy atom. The van der Waals surface area contributed by atoms with Crippen LogP contribution in [0.25, 0.3) is 11.1 Å². The van der Waals surface area contributed by atoms with E-state index in [1.165, 1.54) is 0 Å². The molecule has 0 aliphatic rings. The van der Waals surface area contributed by atoms with Gasteiger partial charge >= 0.3 is 0 Å². The molecule has 0 aliphatic heterocycles. The van der Waals surface area contributed by atoms with Gasteiger partial charge in [-0.25, -0.2) is 0 Å². The standard InChI is InChI=1S/C15H15BrO3/c1-17-11-9-12(18-2)14(16)15(19-3)13(11)10-7-5-4-6-8-10/h4-9H,1-3H3. The number of ether oxygens (including phenoxy) is 3. The molecule has 2 aromatic carbocycles. The molecule has 0 saturated carbocycles. The van der Waals surface area contributed by atoms with Crippen molar-refractivity contribution in [2.75, 3.05) is 21.3 Å². The minimum Gasteiger partial charge on any atom is -0.496 e. The second-order valence-electron chi connectivity index (χ2n) is 3.87. The molecule has 0 unspecified atom stereocenters. The van der Waals surface area contributed by atoms with Crippen molar-refractivity contribution >= 4 is 15.9 Å². The van der Waals surface area contributed by atoms with Crippen LogP contribution in [0.5, 0.6) is 17.2 Å². The molecule has 0 bridgehead atoms. The number of rotatable bonds is 4. The summed E-state index contributed by atoms with van der Waals surface area (Å²) >= 11 is 3.51. The lowest BCUT2D eigenvalue weighted by molar-refractivity contribution is 0.374. The Kier molecular flexibility index (Phi) is 4.32. The molecule has 0 aromatic heterocycles. The Bertz CT molecular complexity index is 567. The Morgan fingerprint density at radius 1 is 0.842 bits per heavy atom. The fourth-order valence-electron chi connectivity index (χ4n) is 1.97. The zero-order valence-electron chi connectivity index (χ0n) is 11.1. The molecule has 0 spiro atoms. The first-order chi connectivity index (χ1) is 9.22. The summed E-state index contributed by atoms with van der Waals surface area (Å²) in [7, 11) is 4.88. The van der Waals surface area contributed by atoms with Gasteiger partial charge in [-0.1, -0.05) is 30.3 Å². The van der Waals surface area contributed by atoms with Crippen molar-refractivity contribution in [3.05, 3.63) is 40.9 Å². The molecule has 2 aromatic rings. The van der Waals surface area contributed by atoms with E-state index in [1.54, 1.807) is 21.3 Å². The van der Waals surface area contributed by atoms with Gasteiger partial charge in [-0.2, -0.15) is 0 Å². The van der Waals surface area contributed by atoms with E-state index in [4.69, 9.17) is 14.2 Å². The number of methoxy groups -OCH3 is 3. The van der Waals surface area contributed by atoms with Crippen LogP contribution in [0.1, 0.15) is 0 Å². The smallest absolute Gasteiger partial charge is 0.148 e. The van der Waals surface area contributed by atoms with Gasteiger partial charge in [0.25, 0.3) is 0 Å². The van der Waals surface area contributed by atoms with Gasteiger partial charge in [-0.05, 0) is 21.5 Å². The number of hydrogen-bond donors (Lipinski definition) is 0. The normalized spacial score (nSPS) is 10.1. The molecule has 0 fully saturated rings. The van der Waals surface area contributed by atoms with Gasteiger partial charge in [-0.15, -0.1) is 0 Å². The second kappa shape index (κ2) is 5.97. The Morgan fingerprint density at radius 2 is 1.47 bits per heavy atom. The molecular weight excluding hydrogens is 308 g/mol. The second-order valence-corrected chi connectivity index (χ2v) is 4.66. The molecule has 100 valence electrons. The van der Waals surface area contributed by atoms with Crippen LogP contribution >= 0.6 is 15.9 Å². The van der Waals surface area contributed by atoms with E-state index < -0.39 is 0 Å². The van der Waals surface area contributed by atoms with E-state index in [9.17, 15) is 0 Å². The Balaban J connectivity index is 2.74. The van der Waals surface area contributed by atoms with Crippen molar-refractivity contribution in [2.24, 2.45) is 0 Å². The number of benzene rings is 2. The van der Waals surface area contributed by atoms with Crippen LogP contribution in [-0.4, -0.2) is 21.3 Å². The maximum atomic E-state index is 5.51. The zero-order chi connectivity index (χ0) is 13.8. The van der Waals surface area contributed by atoms with Gasteiger partial charge in [0, 0.05) is 6.07 Å². The molecule has 0 saturated heterocycles. The summed E-state index contributed by atoms with van der Waals surface area (Å²) in [6.45, 7) is 0. The minimum atomic E-state index is 0.674. The Hall–Kier alpha value is -1.68. The summed E-state index contributed by atoms with van der Waals surface area (Å²) in [6, 6.07) is 11.8. The average Bonchev–Trinajstić information content (AvgIpc) is 2.47. The first-order valence-electron chi connectivity index (χ1n) is 5.76. The van der Waals surface area contributed by atoms with Gasteiger partial charge < -0.3 is 14.2 Å². The van der Waals surface area contributed by atoms with Gasteiger partial charge in [0.2, 0.25) is 0 Å². The summed E-state index contributed by atoms with van der Waals surface area (Å²) in [4.78, 5) is 0. The van der Waals surface area contributed by atoms with Gasteiger partial charge in [-0.3, -0.25) is 0 Å². The fraction of sp³-hybridized carbons (Fsp3) is 0.200. The van der Waals surface area contributed by atoms with Gasteiger partial charge in [0.05, 0.1) is 26.9 Å². The zero-order valence-corrected chi connectivity index (χ0v) is 12.7. The topological polar surface area (TPSA) is 27.7 Å². The van der Waals surface area contributed by atoms with Crippen molar-refractivity contribution in [3.63, 3.8) is 0 Å². The summed E-state index contributed by atoms with van der Waals surface area (Å²) in [5.74, 6) is 2.08. The predicted molar refractivity (Wildman–Crippen MR) is 79.2 cm³/mol. The first kappa shape index (κ1) is 13.7. The highest BCUT2D eigenvalue weighted by Gasteiger charge is 2.19. The van der Waals surface area contributed by atoms with E-state index in [0.717, 1.165) is 15.6 Å². The van der Waals surface area contributed by atoms with E-state index in [0.29, 0.717) is 17.2 Å². The third kappa shape index (κ3) is 2.54. The molecule has 0 N–H and O–H groups in total. The van der Waals surface area contributed by atoms with Crippen molar-refractivity contribution in [3.8, 4) is 28.4 Å². The quantitative estimate of drug-likeness (QED) is 0.846. The number of halogens is 1. The molecule has 19 heavy (non-hydrogen) atoms. The third-order valence-corrected chi connectivity index (χ3v) is 3.61. The SMILES string of the molecule is COc1cc(OC)c(-c2ccccc2)c(OC)c1Br.